The third-order valence-corrected chi connectivity index (χ3v) is 8.16. The van der Waals surface area contributed by atoms with Gasteiger partial charge in [0.1, 0.15) is 5.82 Å². The Labute approximate surface area is 246 Å². The molecule has 1 saturated heterocycles. The molecule has 1 fully saturated rings. The van der Waals surface area contributed by atoms with Crippen LogP contribution in [0.1, 0.15) is 53.2 Å². The Balaban J connectivity index is 1.29. The van der Waals surface area contributed by atoms with Crippen LogP contribution < -0.4 is 4.90 Å². The van der Waals surface area contributed by atoms with Gasteiger partial charge in [-0.15, -0.1) is 0 Å². The first kappa shape index (κ1) is 29.0. The molecule has 0 aromatic heterocycles. The average molecular weight is 570 g/mol. The highest BCUT2D eigenvalue weighted by atomic mass is 19.1. The van der Waals surface area contributed by atoms with Gasteiger partial charge in [-0.05, 0) is 61.7 Å². The molecule has 0 saturated carbocycles. The van der Waals surface area contributed by atoms with Crippen LogP contribution in [0, 0.1) is 12.7 Å². The number of amides is 2. The van der Waals surface area contributed by atoms with Crippen LogP contribution in [-0.4, -0.2) is 60.4 Å². The molecule has 7 nitrogen and oxygen atoms in total. The molecule has 1 unspecified atom stereocenters. The van der Waals surface area contributed by atoms with Gasteiger partial charge in [0, 0.05) is 55.5 Å². The van der Waals surface area contributed by atoms with Crippen LogP contribution >= 0.6 is 0 Å². The number of carbonyl (C=O) groups excluding carboxylic acids is 3. The number of hydrogen-bond donors (Lipinski definition) is 0. The standard InChI is InChI=1S/C34H36FN3O4/c1-4-42-34(41)32-24(3)38(31(39)21-28(32)27-10-6-7-11-29(27)35)22-25-13-15-26(16-14-25)33(40)37-19-17-36(18-20-37)30-12-8-5-9-23(30)2/h5-16,28H,4,17-22H2,1-3H3. The van der Waals surface area contributed by atoms with Gasteiger partial charge in [-0.2, -0.15) is 0 Å². The number of para-hydroxylation sites is 1. The average Bonchev–Trinajstić information content (AvgIpc) is 2.99. The molecule has 2 heterocycles. The smallest absolute Gasteiger partial charge is 0.336 e. The van der Waals surface area contributed by atoms with Gasteiger partial charge in [-0.3, -0.25) is 9.59 Å². The number of esters is 1. The third kappa shape index (κ3) is 5.93. The monoisotopic (exact) mass is 569 g/mol. The quantitative estimate of drug-likeness (QED) is 0.354. The van der Waals surface area contributed by atoms with E-state index >= 15 is 0 Å². The van der Waals surface area contributed by atoms with E-state index in [-0.39, 0.29) is 37.0 Å². The van der Waals surface area contributed by atoms with Crippen molar-refractivity contribution in [1.29, 1.82) is 0 Å². The summed E-state index contributed by atoms with van der Waals surface area (Å²) in [6.07, 6.45) is -0.0442. The van der Waals surface area contributed by atoms with Gasteiger partial charge < -0.3 is 19.4 Å². The highest BCUT2D eigenvalue weighted by Gasteiger charge is 2.38. The fourth-order valence-electron chi connectivity index (χ4n) is 5.89. The van der Waals surface area contributed by atoms with E-state index in [1.54, 1.807) is 49.1 Å². The maximum Gasteiger partial charge on any atom is 0.336 e. The Morgan fingerprint density at radius 2 is 1.57 bits per heavy atom. The van der Waals surface area contributed by atoms with Crippen molar-refractivity contribution in [1.82, 2.24) is 9.80 Å². The first-order chi connectivity index (χ1) is 20.3. The van der Waals surface area contributed by atoms with Crippen molar-refractivity contribution in [3.8, 4) is 0 Å². The minimum absolute atomic E-state index is 0.0200. The van der Waals surface area contributed by atoms with Gasteiger partial charge in [-0.25, -0.2) is 9.18 Å². The van der Waals surface area contributed by atoms with Crippen LogP contribution in [0.3, 0.4) is 0 Å². The number of anilines is 1. The Bertz CT molecular complexity index is 1510. The Morgan fingerprint density at radius 1 is 0.905 bits per heavy atom. The molecule has 0 radical (unpaired) electrons. The van der Waals surface area contributed by atoms with Crippen molar-refractivity contribution < 1.29 is 23.5 Å². The predicted octanol–water partition coefficient (Wildman–Crippen LogP) is 5.45. The van der Waals surface area contributed by atoms with Gasteiger partial charge in [0.2, 0.25) is 5.91 Å². The molecule has 8 heteroatoms. The van der Waals surface area contributed by atoms with Crippen molar-refractivity contribution in [2.75, 3.05) is 37.7 Å². The molecule has 2 aliphatic heterocycles. The van der Waals surface area contributed by atoms with Crippen LogP contribution in [0.5, 0.6) is 0 Å². The first-order valence-corrected chi connectivity index (χ1v) is 14.4. The lowest BCUT2D eigenvalue weighted by atomic mass is 9.83. The van der Waals surface area contributed by atoms with E-state index in [2.05, 4.69) is 24.0 Å². The Morgan fingerprint density at radius 3 is 2.24 bits per heavy atom. The molecule has 42 heavy (non-hydrogen) atoms. The number of carbonyl (C=O) groups is 3. The molecule has 0 aliphatic carbocycles. The van der Waals surface area contributed by atoms with Crippen LogP contribution in [-0.2, 0) is 20.9 Å². The fourth-order valence-corrected chi connectivity index (χ4v) is 5.89. The van der Waals surface area contributed by atoms with Crippen LogP contribution in [0.4, 0.5) is 10.1 Å². The summed E-state index contributed by atoms with van der Waals surface area (Å²) in [6, 6.07) is 21.7. The molecule has 0 N–H and O–H groups in total. The van der Waals surface area contributed by atoms with E-state index in [9.17, 15) is 18.8 Å². The summed E-state index contributed by atoms with van der Waals surface area (Å²) in [7, 11) is 0. The molecule has 0 bridgehead atoms. The number of allylic oxidation sites excluding steroid dienone is 1. The Hall–Kier alpha value is -4.46. The van der Waals surface area contributed by atoms with E-state index in [4.69, 9.17) is 4.74 Å². The molecular weight excluding hydrogens is 533 g/mol. The molecule has 3 aromatic rings. The summed E-state index contributed by atoms with van der Waals surface area (Å²) in [5.74, 6) is -1.96. The van der Waals surface area contributed by atoms with Crippen molar-refractivity contribution in [3.63, 3.8) is 0 Å². The maximum atomic E-state index is 14.7. The molecule has 218 valence electrons. The summed E-state index contributed by atoms with van der Waals surface area (Å²) in [6.45, 7) is 8.73. The first-order valence-electron chi connectivity index (χ1n) is 14.4. The number of hydrogen-bond acceptors (Lipinski definition) is 5. The third-order valence-electron chi connectivity index (χ3n) is 8.16. The molecule has 5 rings (SSSR count). The summed E-state index contributed by atoms with van der Waals surface area (Å²) < 4.78 is 20.0. The number of nitrogens with zero attached hydrogens (tertiary/aromatic N) is 3. The molecular formula is C34H36FN3O4. The molecule has 2 aliphatic rings. The molecule has 0 spiro atoms. The molecule has 3 aromatic carbocycles. The highest BCUT2D eigenvalue weighted by Crippen LogP contribution is 2.38. The van der Waals surface area contributed by atoms with Crippen molar-refractivity contribution in [2.24, 2.45) is 0 Å². The lowest BCUT2D eigenvalue weighted by Crippen LogP contribution is -2.49. The number of rotatable bonds is 7. The number of halogens is 1. The Kier molecular flexibility index (Phi) is 8.71. The van der Waals surface area contributed by atoms with Crippen LogP contribution in [0.15, 0.2) is 84.1 Å². The summed E-state index contributed by atoms with van der Waals surface area (Å²) in [5, 5.41) is 0. The zero-order valence-corrected chi connectivity index (χ0v) is 24.3. The molecule has 1 atom stereocenters. The van der Waals surface area contributed by atoms with Crippen LogP contribution in [0.25, 0.3) is 0 Å². The van der Waals surface area contributed by atoms with Gasteiger partial charge in [0.15, 0.2) is 0 Å². The van der Waals surface area contributed by atoms with E-state index in [1.165, 1.54) is 17.3 Å². The van der Waals surface area contributed by atoms with Crippen LogP contribution in [0.2, 0.25) is 0 Å². The zero-order chi connectivity index (χ0) is 29.8. The van der Waals surface area contributed by atoms with Gasteiger partial charge in [0.25, 0.3) is 5.91 Å². The van der Waals surface area contributed by atoms with Crippen molar-refractivity contribution in [3.05, 3.63) is 112 Å². The topological polar surface area (TPSA) is 70.2 Å². The van der Waals surface area contributed by atoms with E-state index in [1.807, 2.05) is 29.2 Å². The lowest BCUT2D eigenvalue weighted by Gasteiger charge is -2.37. The number of piperazine rings is 1. The van der Waals surface area contributed by atoms with E-state index in [0.29, 0.717) is 29.9 Å². The maximum absolute atomic E-state index is 14.7. The van der Waals surface area contributed by atoms with Crippen molar-refractivity contribution >= 4 is 23.5 Å². The summed E-state index contributed by atoms with van der Waals surface area (Å²) in [4.78, 5) is 45.3. The second kappa shape index (κ2) is 12.6. The molecule has 2 amide bonds. The second-order valence-corrected chi connectivity index (χ2v) is 10.7. The zero-order valence-electron chi connectivity index (χ0n) is 24.3. The SMILES string of the molecule is CCOC(=O)C1=C(C)N(Cc2ccc(C(=O)N3CCN(c4ccccc4C)CC3)cc2)C(=O)CC1c1ccccc1F. The van der Waals surface area contributed by atoms with E-state index < -0.39 is 17.7 Å². The van der Waals surface area contributed by atoms with Crippen molar-refractivity contribution in [2.45, 2.75) is 39.7 Å². The summed E-state index contributed by atoms with van der Waals surface area (Å²) >= 11 is 0. The largest absolute Gasteiger partial charge is 0.463 e. The lowest BCUT2D eigenvalue weighted by molar-refractivity contribution is -0.140. The fraction of sp³-hybridized carbons (Fsp3) is 0.324. The minimum atomic E-state index is -0.722. The van der Waals surface area contributed by atoms with Gasteiger partial charge in [0.05, 0.1) is 18.7 Å². The number of benzene rings is 3. The predicted molar refractivity (Wildman–Crippen MR) is 159 cm³/mol. The minimum Gasteiger partial charge on any atom is -0.463 e. The van der Waals surface area contributed by atoms with E-state index in [0.717, 1.165) is 18.7 Å². The number of aryl methyl sites for hydroxylation is 1. The highest BCUT2D eigenvalue weighted by molar-refractivity contribution is 5.96. The normalized spacial score (nSPS) is 17.5. The van der Waals surface area contributed by atoms with Gasteiger partial charge >= 0.3 is 5.97 Å². The van der Waals surface area contributed by atoms with Gasteiger partial charge in [-0.1, -0.05) is 48.5 Å². The second-order valence-electron chi connectivity index (χ2n) is 10.7. The summed E-state index contributed by atoms with van der Waals surface area (Å²) in [5.41, 5.74) is 4.88. The number of ether oxygens (including phenoxy) is 1.